The molecule has 8 heteroatoms. The van der Waals surface area contributed by atoms with Gasteiger partial charge in [-0.15, -0.1) is 11.3 Å². The number of nitrogens with one attached hydrogen (secondary N) is 1. The fraction of sp³-hybridized carbons (Fsp3) is 0.300. The summed E-state index contributed by atoms with van der Waals surface area (Å²) in [6.07, 6.45) is 0. The highest BCUT2D eigenvalue weighted by atomic mass is 32.1. The Bertz CT molecular complexity index is 1170. The van der Waals surface area contributed by atoms with Gasteiger partial charge in [-0.05, 0) is 45.2 Å². The number of hydrogen-bond donors (Lipinski definition) is 1. The Morgan fingerprint density at radius 3 is 2.64 bits per heavy atom. The maximum absolute atomic E-state index is 13.2. The van der Waals surface area contributed by atoms with E-state index in [1.165, 1.54) is 0 Å². The van der Waals surface area contributed by atoms with Crippen molar-refractivity contribution in [3.63, 3.8) is 0 Å². The van der Waals surface area contributed by atoms with E-state index in [4.69, 9.17) is 4.98 Å². The van der Waals surface area contributed by atoms with Gasteiger partial charge in [-0.25, -0.2) is 4.98 Å². The second kappa shape index (κ2) is 6.87. The quantitative estimate of drug-likeness (QED) is 0.558. The van der Waals surface area contributed by atoms with Crippen molar-refractivity contribution in [3.8, 4) is 10.6 Å². The molecule has 4 rings (SSSR count). The number of hydrogen-bond acceptors (Lipinski definition) is 5. The monoisotopic (exact) mass is 394 g/mol. The summed E-state index contributed by atoms with van der Waals surface area (Å²) in [6, 6.07) is 7.92. The Balaban J connectivity index is 1.80. The van der Waals surface area contributed by atoms with Crippen LogP contribution >= 0.6 is 11.3 Å². The Hall–Kier alpha value is -3.00. The summed E-state index contributed by atoms with van der Waals surface area (Å²) < 4.78 is 3.61. The molecule has 4 aromatic rings. The highest BCUT2D eigenvalue weighted by Crippen LogP contribution is 2.29. The summed E-state index contributed by atoms with van der Waals surface area (Å²) in [4.78, 5) is 18.9. The van der Waals surface area contributed by atoms with E-state index < -0.39 is 0 Å². The highest BCUT2D eigenvalue weighted by Gasteiger charge is 2.20. The van der Waals surface area contributed by atoms with Crippen LogP contribution in [0.5, 0.6) is 0 Å². The molecule has 0 fully saturated rings. The van der Waals surface area contributed by atoms with E-state index in [0.717, 1.165) is 27.3 Å². The van der Waals surface area contributed by atoms with E-state index in [2.05, 4.69) is 29.4 Å². The number of amides is 1. The molecule has 4 aromatic heterocycles. The van der Waals surface area contributed by atoms with Crippen LogP contribution in [0.2, 0.25) is 0 Å². The van der Waals surface area contributed by atoms with Crippen molar-refractivity contribution in [2.24, 2.45) is 7.05 Å². The molecule has 0 aliphatic heterocycles. The minimum atomic E-state index is -0.213. The third kappa shape index (κ3) is 3.09. The van der Waals surface area contributed by atoms with Crippen molar-refractivity contribution in [1.29, 1.82) is 0 Å². The van der Waals surface area contributed by atoms with Gasteiger partial charge in [0.1, 0.15) is 0 Å². The van der Waals surface area contributed by atoms with E-state index in [1.54, 1.807) is 16.0 Å². The first kappa shape index (κ1) is 18.4. The van der Waals surface area contributed by atoms with Crippen LogP contribution in [0.3, 0.4) is 0 Å². The van der Waals surface area contributed by atoms with E-state index in [-0.39, 0.29) is 11.9 Å². The lowest BCUT2D eigenvalue weighted by molar-refractivity contribution is 0.102. The number of thiophene rings is 1. The Kier molecular flexibility index (Phi) is 4.50. The number of aromatic nitrogens is 5. The van der Waals surface area contributed by atoms with Gasteiger partial charge in [0.05, 0.1) is 27.2 Å². The number of anilines is 1. The molecule has 0 aromatic carbocycles. The first-order chi connectivity index (χ1) is 13.3. The Morgan fingerprint density at radius 1 is 1.21 bits per heavy atom. The largest absolute Gasteiger partial charge is 0.305 e. The first-order valence-electron chi connectivity index (χ1n) is 9.11. The molecular formula is C20H22N6OS. The van der Waals surface area contributed by atoms with E-state index in [1.807, 2.05) is 55.2 Å². The maximum atomic E-state index is 13.2. The number of pyridine rings is 1. The average molecular weight is 395 g/mol. The van der Waals surface area contributed by atoms with Crippen molar-refractivity contribution in [2.45, 2.75) is 33.7 Å². The molecule has 4 heterocycles. The van der Waals surface area contributed by atoms with E-state index >= 15 is 0 Å². The zero-order valence-electron chi connectivity index (χ0n) is 16.5. The molecule has 0 aliphatic carbocycles. The van der Waals surface area contributed by atoms with Gasteiger partial charge in [0.25, 0.3) is 5.91 Å². The summed E-state index contributed by atoms with van der Waals surface area (Å²) in [6.45, 7) is 7.99. The van der Waals surface area contributed by atoms with Crippen LogP contribution in [-0.4, -0.2) is 30.5 Å². The maximum Gasteiger partial charge on any atom is 0.257 e. The molecule has 0 saturated heterocycles. The SMILES string of the molecule is Cc1nn(C)c2nc(-c3cccs3)cc(C(=O)Nc3cc(C)n(C(C)C)n3)c12. The third-order valence-electron chi connectivity index (χ3n) is 4.64. The zero-order chi connectivity index (χ0) is 20.0. The van der Waals surface area contributed by atoms with Gasteiger partial charge in [-0.1, -0.05) is 6.07 Å². The fourth-order valence-corrected chi connectivity index (χ4v) is 4.12. The third-order valence-corrected chi connectivity index (χ3v) is 5.53. The number of nitrogens with zero attached hydrogens (tertiary/aromatic N) is 5. The lowest BCUT2D eigenvalue weighted by Gasteiger charge is -2.08. The van der Waals surface area contributed by atoms with Crippen LogP contribution in [0, 0.1) is 13.8 Å². The molecule has 1 amide bonds. The minimum Gasteiger partial charge on any atom is -0.305 e. The number of aryl methyl sites for hydroxylation is 3. The number of fused-ring (bicyclic) bond motifs is 1. The summed E-state index contributed by atoms with van der Waals surface area (Å²) in [5, 5.41) is 14.7. The predicted octanol–water partition coefficient (Wildman–Crippen LogP) is 4.34. The number of carbonyl (C=O) groups excluding carboxylic acids is 1. The molecule has 7 nitrogen and oxygen atoms in total. The lowest BCUT2D eigenvalue weighted by atomic mass is 10.1. The van der Waals surface area contributed by atoms with Crippen LogP contribution in [0.25, 0.3) is 21.6 Å². The molecule has 28 heavy (non-hydrogen) atoms. The molecular weight excluding hydrogens is 372 g/mol. The number of carbonyl (C=O) groups is 1. The van der Waals surface area contributed by atoms with Crippen molar-refractivity contribution in [1.82, 2.24) is 24.5 Å². The summed E-state index contributed by atoms with van der Waals surface area (Å²) in [5.74, 6) is 0.329. The first-order valence-corrected chi connectivity index (χ1v) is 9.99. The van der Waals surface area contributed by atoms with Crippen molar-refractivity contribution < 1.29 is 4.79 Å². The molecule has 1 N–H and O–H groups in total. The number of rotatable bonds is 4. The molecule has 0 aliphatic rings. The van der Waals surface area contributed by atoms with Crippen LogP contribution in [0.1, 0.15) is 41.6 Å². The molecule has 0 bridgehead atoms. The zero-order valence-corrected chi connectivity index (χ0v) is 17.3. The van der Waals surface area contributed by atoms with Gasteiger partial charge < -0.3 is 5.32 Å². The predicted molar refractivity (Wildman–Crippen MR) is 112 cm³/mol. The van der Waals surface area contributed by atoms with Gasteiger partial charge >= 0.3 is 0 Å². The molecule has 0 saturated carbocycles. The second-order valence-electron chi connectivity index (χ2n) is 7.10. The van der Waals surface area contributed by atoms with E-state index in [9.17, 15) is 4.79 Å². The lowest BCUT2D eigenvalue weighted by Crippen LogP contribution is -2.14. The van der Waals surface area contributed by atoms with E-state index in [0.29, 0.717) is 17.0 Å². The van der Waals surface area contributed by atoms with Gasteiger partial charge in [-0.2, -0.15) is 10.2 Å². The van der Waals surface area contributed by atoms with Crippen molar-refractivity contribution in [2.75, 3.05) is 5.32 Å². The van der Waals surface area contributed by atoms with Crippen LogP contribution in [0.15, 0.2) is 29.6 Å². The summed E-state index contributed by atoms with van der Waals surface area (Å²) >= 11 is 1.59. The normalized spacial score (nSPS) is 11.5. The summed E-state index contributed by atoms with van der Waals surface area (Å²) in [7, 11) is 1.84. The Labute approximate surface area is 167 Å². The Morgan fingerprint density at radius 2 is 2.00 bits per heavy atom. The van der Waals surface area contributed by atoms with Crippen LogP contribution in [0.4, 0.5) is 5.82 Å². The van der Waals surface area contributed by atoms with Crippen LogP contribution < -0.4 is 5.32 Å². The van der Waals surface area contributed by atoms with Crippen molar-refractivity contribution >= 4 is 34.1 Å². The van der Waals surface area contributed by atoms with Gasteiger partial charge in [-0.3, -0.25) is 14.2 Å². The van der Waals surface area contributed by atoms with Gasteiger partial charge in [0, 0.05) is 24.8 Å². The molecule has 144 valence electrons. The topological polar surface area (TPSA) is 77.6 Å². The highest BCUT2D eigenvalue weighted by molar-refractivity contribution is 7.13. The molecule has 0 unspecified atom stereocenters. The smallest absolute Gasteiger partial charge is 0.257 e. The van der Waals surface area contributed by atoms with Crippen molar-refractivity contribution in [3.05, 3.63) is 46.6 Å². The average Bonchev–Trinajstić information content (AvgIpc) is 3.35. The van der Waals surface area contributed by atoms with Crippen LogP contribution in [-0.2, 0) is 7.05 Å². The van der Waals surface area contributed by atoms with Gasteiger partial charge in [0.2, 0.25) is 0 Å². The fourth-order valence-electron chi connectivity index (χ4n) is 3.43. The minimum absolute atomic E-state index is 0.213. The molecule has 0 spiro atoms. The second-order valence-corrected chi connectivity index (χ2v) is 8.05. The standard InChI is InChI=1S/C20H22N6OS/c1-11(2)26-12(3)9-17(24-26)22-20(27)14-10-15(16-7-6-8-28-16)21-19-18(14)13(4)23-25(19)5/h6-11H,1-5H3,(H,22,24,27). The molecule has 0 atom stereocenters. The van der Waals surface area contributed by atoms with Gasteiger partial charge in [0.15, 0.2) is 11.5 Å². The summed E-state index contributed by atoms with van der Waals surface area (Å²) in [5.41, 5.74) is 3.78. The molecule has 0 radical (unpaired) electrons.